The van der Waals surface area contributed by atoms with Gasteiger partial charge in [0.1, 0.15) is 5.82 Å². The number of pyridine rings is 1. The highest BCUT2D eigenvalue weighted by molar-refractivity contribution is 5.67. The van der Waals surface area contributed by atoms with Crippen LogP contribution in [0.15, 0.2) is 18.3 Å². The molecule has 0 bridgehead atoms. The van der Waals surface area contributed by atoms with Gasteiger partial charge in [-0.15, -0.1) is 0 Å². The molecule has 1 spiro atoms. The Labute approximate surface area is 82.7 Å². The molecular weight excluding hydrogens is 178 g/mol. The number of rotatable bonds is 0. The quantitative estimate of drug-likeness (QED) is 0.644. The number of fused-ring (bicyclic) bond motifs is 1. The lowest BCUT2D eigenvalue weighted by Crippen LogP contribution is -2.48. The maximum atomic E-state index is 5.42. The standard InChI is InChI=1S/C10H13N3O/c1-2-8-9(11-4-1)13-10(6-12-8)3-5-14-7-10/h1-2,4,12H,3,5-7H2,(H,11,13). The molecule has 4 nitrogen and oxygen atoms in total. The van der Waals surface area contributed by atoms with E-state index in [-0.39, 0.29) is 5.54 Å². The van der Waals surface area contributed by atoms with Gasteiger partial charge in [0.2, 0.25) is 0 Å². The van der Waals surface area contributed by atoms with Crippen LogP contribution < -0.4 is 10.6 Å². The van der Waals surface area contributed by atoms with Crippen LogP contribution in [0.5, 0.6) is 0 Å². The third-order valence-electron chi connectivity index (χ3n) is 2.91. The maximum absolute atomic E-state index is 5.42. The van der Waals surface area contributed by atoms with Crippen molar-refractivity contribution in [1.29, 1.82) is 0 Å². The highest BCUT2D eigenvalue weighted by Crippen LogP contribution is 2.32. The average Bonchev–Trinajstić information content (AvgIpc) is 2.66. The molecular formula is C10H13N3O. The second-order valence-corrected chi connectivity index (χ2v) is 3.96. The van der Waals surface area contributed by atoms with E-state index in [0.717, 1.165) is 37.7 Å². The summed E-state index contributed by atoms with van der Waals surface area (Å²) in [6, 6.07) is 3.98. The Morgan fingerprint density at radius 1 is 1.50 bits per heavy atom. The van der Waals surface area contributed by atoms with Crippen molar-refractivity contribution in [1.82, 2.24) is 4.98 Å². The molecule has 0 saturated carbocycles. The van der Waals surface area contributed by atoms with E-state index >= 15 is 0 Å². The molecule has 0 radical (unpaired) electrons. The second-order valence-electron chi connectivity index (χ2n) is 3.96. The SMILES string of the molecule is c1cnc2c(c1)NCC1(CCOC1)N2. The van der Waals surface area contributed by atoms with Gasteiger partial charge in [0.05, 0.1) is 17.8 Å². The molecule has 2 aliphatic heterocycles. The number of nitrogens with one attached hydrogen (secondary N) is 2. The van der Waals surface area contributed by atoms with Crippen LogP contribution in [0.1, 0.15) is 6.42 Å². The number of hydrogen-bond donors (Lipinski definition) is 2. The van der Waals surface area contributed by atoms with E-state index in [9.17, 15) is 0 Å². The predicted molar refractivity (Wildman–Crippen MR) is 54.5 cm³/mol. The molecule has 1 saturated heterocycles. The summed E-state index contributed by atoms with van der Waals surface area (Å²) in [5.41, 5.74) is 1.16. The maximum Gasteiger partial charge on any atom is 0.149 e. The van der Waals surface area contributed by atoms with Crippen molar-refractivity contribution in [2.75, 3.05) is 30.4 Å². The van der Waals surface area contributed by atoms with Gasteiger partial charge in [0.25, 0.3) is 0 Å². The molecule has 1 fully saturated rings. The molecule has 2 N–H and O–H groups in total. The number of hydrogen-bond acceptors (Lipinski definition) is 4. The number of aromatic nitrogens is 1. The van der Waals surface area contributed by atoms with Crippen molar-refractivity contribution in [3.8, 4) is 0 Å². The third-order valence-corrected chi connectivity index (χ3v) is 2.91. The number of ether oxygens (including phenoxy) is 1. The summed E-state index contributed by atoms with van der Waals surface area (Å²) in [4.78, 5) is 4.31. The molecule has 1 unspecified atom stereocenters. The first-order valence-electron chi connectivity index (χ1n) is 4.93. The zero-order valence-corrected chi connectivity index (χ0v) is 7.92. The van der Waals surface area contributed by atoms with E-state index < -0.39 is 0 Å². The minimum atomic E-state index is 0.0708. The molecule has 4 heteroatoms. The Balaban J connectivity index is 1.92. The first-order valence-corrected chi connectivity index (χ1v) is 4.93. The van der Waals surface area contributed by atoms with Crippen LogP contribution in [-0.4, -0.2) is 30.3 Å². The second kappa shape index (κ2) is 2.85. The topological polar surface area (TPSA) is 46.2 Å². The first-order chi connectivity index (χ1) is 6.88. The molecule has 14 heavy (non-hydrogen) atoms. The van der Waals surface area contributed by atoms with E-state index in [0.29, 0.717) is 0 Å². The van der Waals surface area contributed by atoms with Crippen molar-refractivity contribution in [3.63, 3.8) is 0 Å². The summed E-state index contributed by atoms with van der Waals surface area (Å²) in [5, 5.41) is 6.86. The van der Waals surface area contributed by atoms with E-state index in [1.54, 1.807) is 0 Å². The molecule has 1 atom stereocenters. The van der Waals surface area contributed by atoms with Crippen molar-refractivity contribution < 1.29 is 4.74 Å². The molecule has 3 rings (SSSR count). The third kappa shape index (κ3) is 1.14. The minimum Gasteiger partial charge on any atom is -0.380 e. The van der Waals surface area contributed by atoms with E-state index in [1.165, 1.54) is 0 Å². The highest BCUT2D eigenvalue weighted by Gasteiger charge is 2.38. The van der Waals surface area contributed by atoms with Gasteiger partial charge in [-0.1, -0.05) is 0 Å². The van der Waals surface area contributed by atoms with Crippen LogP contribution in [-0.2, 0) is 4.74 Å². The molecule has 1 aromatic heterocycles. The van der Waals surface area contributed by atoms with E-state index in [4.69, 9.17) is 4.74 Å². The lowest BCUT2D eigenvalue weighted by molar-refractivity contribution is 0.183. The van der Waals surface area contributed by atoms with Crippen LogP contribution in [0.2, 0.25) is 0 Å². The number of anilines is 2. The minimum absolute atomic E-state index is 0.0708. The van der Waals surface area contributed by atoms with Gasteiger partial charge >= 0.3 is 0 Å². The smallest absolute Gasteiger partial charge is 0.149 e. The summed E-state index contributed by atoms with van der Waals surface area (Å²) >= 11 is 0. The van der Waals surface area contributed by atoms with Gasteiger partial charge in [-0.3, -0.25) is 0 Å². The Morgan fingerprint density at radius 3 is 3.36 bits per heavy atom. The normalized spacial score (nSPS) is 29.4. The van der Waals surface area contributed by atoms with E-state index in [1.807, 2.05) is 18.3 Å². The van der Waals surface area contributed by atoms with Crippen molar-refractivity contribution in [2.24, 2.45) is 0 Å². The zero-order valence-electron chi connectivity index (χ0n) is 7.92. The fourth-order valence-electron chi connectivity index (χ4n) is 2.05. The van der Waals surface area contributed by atoms with E-state index in [2.05, 4.69) is 15.6 Å². The summed E-state index contributed by atoms with van der Waals surface area (Å²) in [6.45, 7) is 2.54. The van der Waals surface area contributed by atoms with Gasteiger partial charge in [-0.05, 0) is 18.6 Å². The Hall–Kier alpha value is -1.29. The lowest BCUT2D eigenvalue weighted by Gasteiger charge is -2.35. The highest BCUT2D eigenvalue weighted by atomic mass is 16.5. The fourth-order valence-corrected chi connectivity index (χ4v) is 2.05. The summed E-state index contributed by atoms with van der Waals surface area (Å²) in [6.07, 6.45) is 2.86. The van der Waals surface area contributed by atoms with Crippen LogP contribution >= 0.6 is 0 Å². The van der Waals surface area contributed by atoms with Gasteiger partial charge < -0.3 is 15.4 Å². The Morgan fingerprint density at radius 2 is 2.50 bits per heavy atom. The molecule has 0 aliphatic carbocycles. The van der Waals surface area contributed by atoms with Crippen LogP contribution in [0.3, 0.4) is 0 Å². The summed E-state index contributed by atoms with van der Waals surface area (Å²) in [7, 11) is 0. The lowest BCUT2D eigenvalue weighted by atomic mass is 9.96. The van der Waals surface area contributed by atoms with Crippen LogP contribution in [0.4, 0.5) is 11.5 Å². The predicted octanol–water partition coefficient (Wildman–Crippen LogP) is 1.08. The monoisotopic (exact) mass is 191 g/mol. The van der Waals surface area contributed by atoms with Crippen LogP contribution in [0.25, 0.3) is 0 Å². The molecule has 0 aromatic carbocycles. The Bertz CT molecular complexity index is 347. The first kappa shape index (κ1) is 8.05. The molecule has 2 aliphatic rings. The van der Waals surface area contributed by atoms with Crippen LogP contribution in [0, 0.1) is 0 Å². The molecule has 0 amide bonds. The van der Waals surface area contributed by atoms with Gasteiger partial charge in [-0.25, -0.2) is 4.98 Å². The van der Waals surface area contributed by atoms with Gasteiger partial charge in [-0.2, -0.15) is 0 Å². The molecule has 3 heterocycles. The average molecular weight is 191 g/mol. The fraction of sp³-hybridized carbons (Fsp3) is 0.500. The summed E-state index contributed by atoms with van der Waals surface area (Å²) in [5.74, 6) is 0.948. The van der Waals surface area contributed by atoms with Crippen molar-refractivity contribution in [2.45, 2.75) is 12.0 Å². The largest absolute Gasteiger partial charge is 0.380 e. The molecule has 74 valence electrons. The zero-order chi connectivity index (χ0) is 9.43. The van der Waals surface area contributed by atoms with Crippen molar-refractivity contribution in [3.05, 3.63) is 18.3 Å². The Kier molecular flexibility index (Phi) is 1.64. The molecule has 1 aromatic rings. The summed E-state index contributed by atoms with van der Waals surface area (Å²) < 4.78 is 5.42. The number of nitrogens with zero attached hydrogens (tertiary/aromatic N) is 1. The van der Waals surface area contributed by atoms with Crippen molar-refractivity contribution >= 4 is 11.5 Å². The van der Waals surface area contributed by atoms with Gasteiger partial charge in [0.15, 0.2) is 0 Å². The van der Waals surface area contributed by atoms with Gasteiger partial charge in [0, 0.05) is 19.3 Å².